The monoisotopic (exact) mass is 278 g/mol. The van der Waals surface area contributed by atoms with Crippen molar-refractivity contribution < 1.29 is 18.0 Å². The van der Waals surface area contributed by atoms with Crippen molar-refractivity contribution in [2.45, 2.75) is 57.3 Å². The summed E-state index contributed by atoms with van der Waals surface area (Å²) in [7, 11) is 0. The molecule has 0 bridgehead atoms. The average Bonchev–Trinajstić information content (AvgIpc) is 3.15. The fourth-order valence-corrected chi connectivity index (χ4v) is 2.59. The zero-order valence-corrected chi connectivity index (χ0v) is 11.3. The van der Waals surface area contributed by atoms with Crippen molar-refractivity contribution in [3.05, 3.63) is 0 Å². The number of halogens is 3. The van der Waals surface area contributed by atoms with Crippen LogP contribution in [0.5, 0.6) is 0 Å². The van der Waals surface area contributed by atoms with Gasteiger partial charge in [0.05, 0.1) is 5.54 Å². The van der Waals surface area contributed by atoms with Crippen molar-refractivity contribution >= 4 is 5.91 Å². The van der Waals surface area contributed by atoms with Gasteiger partial charge in [-0.3, -0.25) is 4.79 Å². The summed E-state index contributed by atoms with van der Waals surface area (Å²) in [6.07, 6.45) is -0.924. The lowest BCUT2D eigenvalue weighted by molar-refractivity contribution is -0.169. The van der Waals surface area contributed by atoms with E-state index in [1.165, 1.54) is 0 Å². The van der Waals surface area contributed by atoms with E-state index in [1.54, 1.807) is 13.8 Å². The predicted molar refractivity (Wildman–Crippen MR) is 65.3 cm³/mol. The highest BCUT2D eigenvalue weighted by Gasteiger charge is 2.50. The Morgan fingerprint density at radius 3 is 2.21 bits per heavy atom. The third-order valence-corrected chi connectivity index (χ3v) is 4.29. The van der Waals surface area contributed by atoms with Crippen LogP contribution in [0.15, 0.2) is 0 Å². The Labute approximate surface area is 111 Å². The zero-order chi connectivity index (χ0) is 14.4. The van der Waals surface area contributed by atoms with Crippen LogP contribution in [0.25, 0.3) is 0 Å². The SMILES string of the molecule is CC(C1CC1)N(CC(F)(F)F)C(=O)C(C)(N)C1CC1. The quantitative estimate of drug-likeness (QED) is 0.838. The van der Waals surface area contributed by atoms with Crippen LogP contribution in [0, 0.1) is 11.8 Å². The first-order valence-electron chi connectivity index (χ1n) is 6.79. The van der Waals surface area contributed by atoms with Gasteiger partial charge in [0.15, 0.2) is 0 Å². The fourth-order valence-electron chi connectivity index (χ4n) is 2.59. The van der Waals surface area contributed by atoms with Gasteiger partial charge in [-0.05, 0) is 51.4 Å². The molecular weight excluding hydrogens is 257 g/mol. The molecule has 0 aromatic rings. The lowest BCUT2D eigenvalue weighted by Crippen LogP contribution is -2.59. The second kappa shape index (κ2) is 4.65. The van der Waals surface area contributed by atoms with Crippen molar-refractivity contribution in [2.75, 3.05) is 6.54 Å². The molecule has 0 saturated heterocycles. The summed E-state index contributed by atoms with van der Waals surface area (Å²) in [5.74, 6) is -0.324. The molecule has 2 aliphatic rings. The molecule has 0 aliphatic heterocycles. The Kier molecular flexibility index (Phi) is 3.58. The normalized spacial score (nSPS) is 24.7. The molecule has 19 heavy (non-hydrogen) atoms. The van der Waals surface area contributed by atoms with E-state index in [0.29, 0.717) is 0 Å². The second-order valence-electron chi connectivity index (χ2n) is 6.18. The molecule has 0 aromatic heterocycles. The average molecular weight is 278 g/mol. The second-order valence-corrected chi connectivity index (χ2v) is 6.18. The van der Waals surface area contributed by atoms with Crippen LogP contribution in [0.4, 0.5) is 13.2 Å². The fraction of sp³-hybridized carbons (Fsp3) is 0.923. The maximum atomic E-state index is 12.7. The van der Waals surface area contributed by atoms with Crippen molar-refractivity contribution in [3.8, 4) is 0 Å². The number of hydrogen-bond donors (Lipinski definition) is 1. The van der Waals surface area contributed by atoms with Gasteiger partial charge < -0.3 is 10.6 Å². The van der Waals surface area contributed by atoms with Gasteiger partial charge in [-0.2, -0.15) is 13.2 Å². The van der Waals surface area contributed by atoms with Crippen LogP contribution < -0.4 is 5.73 Å². The molecule has 2 atom stereocenters. The van der Waals surface area contributed by atoms with E-state index in [2.05, 4.69) is 0 Å². The van der Waals surface area contributed by atoms with Crippen LogP contribution in [0.1, 0.15) is 39.5 Å². The van der Waals surface area contributed by atoms with E-state index in [-0.39, 0.29) is 17.9 Å². The smallest absolute Gasteiger partial charge is 0.329 e. The third-order valence-electron chi connectivity index (χ3n) is 4.29. The lowest BCUT2D eigenvalue weighted by Gasteiger charge is -2.36. The summed E-state index contributed by atoms with van der Waals surface area (Å²) in [5.41, 5.74) is 4.83. The first-order chi connectivity index (χ1) is 8.63. The highest BCUT2D eigenvalue weighted by atomic mass is 19.4. The molecule has 2 fully saturated rings. The van der Waals surface area contributed by atoms with E-state index in [9.17, 15) is 18.0 Å². The summed E-state index contributed by atoms with van der Waals surface area (Å²) >= 11 is 0. The van der Waals surface area contributed by atoms with E-state index >= 15 is 0 Å². The van der Waals surface area contributed by atoms with Crippen molar-refractivity contribution in [3.63, 3.8) is 0 Å². The lowest BCUT2D eigenvalue weighted by atomic mass is 9.94. The number of nitrogens with zero attached hydrogens (tertiary/aromatic N) is 1. The van der Waals surface area contributed by atoms with E-state index in [1.807, 2.05) is 0 Å². The van der Waals surface area contributed by atoms with Crippen LogP contribution >= 0.6 is 0 Å². The minimum absolute atomic E-state index is 0.0298. The van der Waals surface area contributed by atoms with Crippen molar-refractivity contribution in [2.24, 2.45) is 17.6 Å². The largest absolute Gasteiger partial charge is 0.406 e. The zero-order valence-electron chi connectivity index (χ0n) is 11.3. The van der Waals surface area contributed by atoms with Gasteiger partial charge in [-0.1, -0.05) is 0 Å². The van der Waals surface area contributed by atoms with Gasteiger partial charge in [0.25, 0.3) is 0 Å². The van der Waals surface area contributed by atoms with Crippen LogP contribution in [0.2, 0.25) is 0 Å². The van der Waals surface area contributed by atoms with Gasteiger partial charge in [-0.15, -0.1) is 0 Å². The number of alkyl halides is 3. The maximum Gasteiger partial charge on any atom is 0.406 e. The molecule has 1 amide bonds. The van der Waals surface area contributed by atoms with Crippen molar-refractivity contribution in [1.29, 1.82) is 0 Å². The number of nitrogens with two attached hydrogens (primary N) is 1. The predicted octanol–water partition coefficient (Wildman–Crippen LogP) is 2.30. The van der Waals surface area contributed by atoms with Crippen LogP contribution in [-0.4, -0.2) is 35.1 Å². The summed E-state index contributed by atoms with van der Waals surface area (Å²) in [6, 6.07) is -0.379. The molecule has 0 radical (unpaired) electrons. The standard InChI is InChI=1S/C13H21F3N2O/c1-8(9-3-4-9)18(7-13(14,15)16)11(19)12(2,17)10-5-6-10/h8-10H,3-7,17H2,1-2H3. The minimum Gasteiger partial charge on any atom is -0.329 e. The molecule has 2 aliphatic carbocycles. The Hall–Kier alpha value is -0.780. The molecule has 110 valence electrons. The van der Waals surface area contributed by atoms with E-state index < -0.39 is 24.2 Å². The molecule has 0 heterocycles. The highest BCUT2D eigenvalue weighted by molar-refractivity contribution is 5.87. The molecule has 2 rings (SSSR count). The van der Waals surface area contributed by atoms with Gasteiger partial charge in [-0.25, -0.2) is 0 Å². The minimum atomic E-state index is -4.38. The molecule has 0 aromatic carbocycles. The Bertz CT molecular complexity index is 359. The number of amides is 1. The molecule has 2 N–H and O–H groups in total. The summed E-state index contributed by atoms with van der Waals surface area (Å²) in [6.45, 7) is 2.07. The molecule has 2 unspecified atom stereocenters. The van der Waals surface area contributed by atoms with E-state index in [0.717, 1.165) is 30.6 Å². The summed E-state index contributed by atoms with van der Waals surface area (Å²) < 4.78 is 38.0. The van der Waals surface area contributed by atoms with Gasteiger partial charge in [0, 0.05) is 6.04 Å². The van der Waals surface area contributed by atoms with Crippen LogP contribution in [0.3, 0.4) is 0 Å². The maximum absolute atomic E-state index is 12.7. The van der Waals surface area contributed by atoms with Crippen molar-refractivity contribution in [1.82, 2.24) is 4.90 Å². The number of hydrogen-bond acceptors (Lipinski definition) is 2. The summed E-state index contributed by atoms with van der Waals surface area (Å²) in [5, 5.41) is 0. The van der Waals surface area contributed by atoms with Gasteiger partial charge in [0.2, 0.25) is 5.91 Å². The molecule has 2 saturated carbocycles. The summed E-state index contributed by atoms with van der Waals surface area (Å²) in [4.78, 5) is 13.4. The van der Waals surface area contributed by atoms with Gasteiger partial charge >= 0.3 is 6.18 Å². The Balaban J connectivity index is 2.13. The molecule has 6 heteroatoms. The third kappa shape index (κ3) is 3.41. The van der Waals surface area contributed by atoms with E-state index in [4.69, 9.17) is 5.73 Å². The van der Waals surface area contributed by atoms with Gasteiger partial charge in [0.1, 0.15) is 6.54 Å². The first kappa shape index (κ1) is 14.6. The first-order valence-corrected chi connectivity index (χ1v) is 6.79. The molecule has 3 nitrogen and oxygen atoms in total. The highest BCUT2D eigenvalue weighted by Crippen LogP contribution is 2.41. The number of rotatable bonds is 5. The molecule has 0 spiro atoms. The number of carbonyl (C=O) groups is 1. The van der Waals surface area contributed by atoms with Crippen LogP contribution in [-0.2, 0) is 4.79 Å². The Morgan fingerprint density at radius 2 is 1.84 bits per heavy atom. The molecular formula is C13H21F3N2O. The topological polar surface area (TPSA) is 46.3 Å². The number of carbonyl (C=O) groups excluding carboxylic acids is 1. The Morgan fingerprint density at radius 1 is 1.32 bits per heavy atom.